The average Bonchev–Trinajstić information content (AvgIpc) is 2.48. The predicted octanol–water partition coefficient (Wildman–Crippen LogP) is 1.25. The van der Waals surface area contributed by atoms with Gasteiger partial charge in [-0.05, 0) is 22.0 Å². The van der Waals surface area contributed by atoms with E-state index in [0.717, 1.165) is 9.35 Å². The first-order chi connectivity index (χ1) is 6.58. The van der Waals surface area contributed by atoms with Gasteiger partial charge >= 0.3 is 5.97 Å². The van der Waals surface area contributed by atoms with Crippen LogP contribution in [0.1, 0.15) is 4.88 Å². The molecule has 6 heteroatoms. The van der Waals surface area contributed by atoms with Crippen LogP contribution < -0.4 is 5.32 Å². The molecule has 0 unspecified atom stereocenters. The van der Waals surface area contributed by atoms with Gasteiger partial charge in [0, 0.05) is 14.7 Å². The van der Waals surface area contributed by atoms with Crippen LogP contribution in [0.3, 0.4) is 0 Å². The number of thiophene rings is 1. The Balaban J connectivity index is 2.37. The fraction of sp³-hybridized carbons (Fsp3) is 0.250. The van der Waals surface area contributed by atoms with E-state index in [2.05, 4.69) is 21.2 Å². The molecule has 0 radical (unpaired) electrons. The predicted molar refractivity (Wildman–Crippen MR) is 56.4 cm³/mol. The van der Waals surface area contributed by atoms with Gasteiger partial charge in [0.05, 0.1) is 6.42 Å². The third kappa shape index (κ3) is 3.89. The SMILES string of the molecule is O=C(O)CNC(=O)Cc1cc(Br)cs1. The van der Waals surface area contributed by atoms with E-state index in [1.54, 1.807) is 0 Å². The minimum Gasteiger partial charge on any atom is -0.480 e. The fourth-order valence-electron chi connectivity index (χ4n) is 0.841. The quantitative estimate of drug-likeness (QED) is 0.871. The molecule has 1 aromatic rings. The van der Waals surface area contributed by atoms with Crippen LogP contribution in [0.4, 0.5) is 0 Å². The monoisotopic (exact) mass is 277 g/mol. The average molecular weight is 278 g/mol. The van der Waals surface area contributed by atoms with Crippen molar-refractivity contribution in [1.82, 2.24) is 5.32 Å². The van der Waals surface area contributed by atoms with E-state index >= 15 is 0 Å². The van der Waals surface area contributed by atoms with Crippen LogP contribution in [0.25, 0.3) is 0 Å². The van der Waals surface area contributed by atoms with E-state index < -0.39 is 5.97 Å². The van der Waals surface area contributed by atoms with Crippen molar-refractivity contribution < 1.29 is 14.7 Å². The van der Waals surface area contributed by atoms with Crippen molar-refractivity contribution >= 4 is 39.1 Å². The normalized spacial score (nSPS) is 9.79. The number of carbonyl (C=O) groups excluding carboxylic acids is 1. The number of carboxylic acids is 1. The second kappa shape index (κ2) is 5.11. The van der Waals surface area contributed by atoms with Gasteiger partial charge < -0.3 is 10.4 Å². The lowest BCUT2D eigenvalue weighted by Gasteiger charge is -1.99. The van der Waals surface area contributed by atoms with Gasteiger partial charge in [-0.3, -0.25) is 9.59 Å². The summed E-state index contributed by atoms with van der Waals surface area (Å²) in [5, 5.41) is 12.5. The molecule has 4 nitrogen and oxygen atoms in total. The van der Waals surface area contributed by atoms with Gasteiger partial charge in [0.15, 0.2) is 0 Å². The summed E-state index contributed by atoms with van der Waals surface area (Å²) in [6.45, 7) is -0.328. The van der Waals surface area contributed by atoms with Gasteiger partial charge in [-0.2, -0.15) is 0 Å². The molecule has 2 N–H and O–H groups in total. The number of rotatable bonds is 4. The minimum atomic E-state index is -1.04. The summed E-state index contributed by atoms with van der Waals surface area (Å²) in [6.07, 6.45) is 0.226. The fourth-order valence-corrected chi connectivity index (χ4v) is 2.29. The summed E-state index contributed by atoms with van der Waals surface area (Å²) in [5.74, 6) is -1.31. The van der Waals surface area contributed by atoms with Crippen molar-refractivity contribution in [1.29, 1.82) is 0 Å². The lowest BCUT2D eigenvalue weighted by Crippen LogP contribution is -2.30. The second-order valence-electron chi connectivity index (χ2n) is 2.58. The van der Waals surface area contributed by atoms with Crippen LogP contribution in [0.15, 0.2) is 15.9 Å². The molecule has 0 atom stereocenters. The molecule has 14 heavy (non-hydrogen) atoms. The van der Waals surface area contributed by atoms with E-state index in [4.69, 9.17) is 5.11 Å². The van der Waals surface area contributed by atoms with Crippen LogP contribution >= 0.6 is 27.3 Å². The third-order valence-corrected chi connectivity index (χ3v) is 3.09. The number of hydrogen-bond acceptors (Lipinski definition) is 3. The molecule has 0 fully saturated rings. The maximum absolute atomic E-state index is 11.1. The van der Waals surface area contributed by atoms with Crippen LogP contribution in [0, 0.1) is 0 Å². The molecule has 0 saturated carbocycles. The van der Waals surface area contributed by atoms with Gasteiger partial charge in [-0.15, -0.1) is 11.3 Å². The van der Waals surface area contributed by atoms with Crippen LogP contribution in [-0.4, -0.2) is 23.5 Å². The van der Waals surface area contributed by atoms with E-state index in [0.29, 0.717) is 0 Å². The Kier molecular flexibility index (Phi) is 4.09. The van der Waals surface area contributed by atoms with E-state index in [1.807, 2.05) is 11.4 Å². The van der Waals surface area contributed by atoms with Crippen molar-refractivity contribution in [3.8, 4) is 0 Å². The molecule has 0 bridgehead atoms. The first kappa shape index (κ1) is 11.2. The number of carboxylic acid groups (broad SMARTS) is 1. The smallest absolute Gasteiger partial charge is 0.322 e. The van der Waals surface area contributed by atoms with Crippen molar-refractivity contribution in [2.75, 3.05) is 6.54 Å². The molecule has 1 heterocycles. The molecule has 76 valence electrons. The summed E-state index contributed by atoms with van der Waals surface area (Å²) in [5.41, 5.74) is 0. The number of nitrogens with one attached hydrogen (secondary N) is 1. The Morgan fingerprint density at radius 2 is 2.29 bits per heavy atom. The molecule has 1 rings (SSSR count). The minimum absolute atomic E-state index is 0.226. The molecule has 0 aromatic carbocycles. The Labute approximate surface area is 93.1 Å². The van der Waals surface area contributed by atoms with Crippen LogP contribution in [0.2, 0.25) is 0 Å². The summed E-state index contributed by atoms with van der Waals surface area (Å²) in [4.78, 5) is 22.2. The molecular formula is C8H8BrNO3S. The van der Waals surface area contributed by atoms with Gasteiger partial charge in [0.25, 0.3) is 0 Å². The van der Waals surface area contributed by atoms with Crippen LogP contribution in [0.5, 0.6) is 0 Å². The van der Waals surface area contributed by atoms with E-state index in [-0.39, 0.29) is 18.9 Å². The molecule has 1 aromatic heterocycles. The molecule has 0 saturated heterocycles. The molecule has 0 aliphatic rings. The zero-order valence-corrected chi connectivity index (χ0v) is 9.52. The number of aliphatic carboxylic acids is 1. The third-order valence-electron chi connectivity index (χ3n) is 1.39. The highest BCUT2D eigenvalue weighted by Crippen LogP contribution is 2.19. The van der Waals surface area contributed by atoms with Gasteiger partial charge in [0.1, 0.15) is 6.54 Å². The van der Waals surface area contributed by atoms with Crippen molar-refractivity contribution in [3.05, 3.63) is 20.8 Å². The lowest BCUT2D eigenvalue weighted by atomic mass is 10.3. The second-order valence-corrected chi connectivity index (χ2v) is 4.49. The Morgan fingerprint density at radius 3 is 2.79 bits per heavy atom. The Morgan fingerprint density at radius 1 is 1.57 bits per heavy atom. The Bertz CT molecular complexity index is 350. The molecule has 1 amide bonds. The van der Waals surface area contributed by atoms with Gasteiger partial charge in [-0.1, -0.05) is 0 Å². The van der Waals surface area contributed by atoms with E-state index in [9.17, 15) is 9.59 Å². The molecule has 0 spiro atoms. The summed E-state index contributed by atoms with van der Waals surface area (Å²) in [7, 11) is 0. The number of hydrogen-bond donors (Lipinski definition) is 2. The highest BCUT2D eigenvalue weighted by Gasteiger charge is 2.06. The maximum Gasteiger partial charge on any atom is 0.322 e. The van der Waals surface area contributed by atoms with Crippen molar-refractivity contribution in [2.24, 2.45) is 0 Å². The largest absolute Gasteiger partial charge is 0.480 e. The zero-order valence-electron chi connectivity index (χ0n) is 7.12. The van der Waals surface area contributed by atoms with Gasteiger partial charge in [-0.25, -0.2) is 0 Å². The maximum atomic E-state index is 11.1. The number of carbonyl (C=O) groups is 2. The molecular weight excluding hydrogens is 270 g/mol. The summed E-state index contributed by atoms with van der Waals surface area (Å²) >= 11 is 4.73. The van der Waals surface area contributed by atoms with Crippen molar-refractivity contribution in [3.63, 3.8) is 0 Å². The zero-order chi connectivity index (χ0) is 10.6. The summed E-state index contributed by atoms with van der Waals surface area (Å²) in [6, 6.07) is 1.84. The molecule has 0 aliphatic heterocycles. The number of halogens is 1. The topological polar surface area (TPSA) is 66.4 Å². The highest BCUT2D eigenvalue weighted by atomic mass is 79.9. The first-order valence-electron chi connectivity index (χ1n) is 3.79. The van der Waals surface area contributed by atoms with Crippen molar-refractivity contribution in [2.45, 2.75) is 6.42 Å². The molecule has 0 aliphatic carbocycles. The standard InChI is InChI=1S/C8H8BrNO3S/c9-5-1-6(14-4-5)2-7(11)10-3-8(12)13/h1,4H,2-3H2,(H,10,11)(H,12,13). The highest BCUT2D eigenvalue weighted by molar-refractivity contribution is 9.10. The Hall–Kier alpha value is -0.880. The van der Waals surface area contributed by atoms with Crippen LogP contribution in [-0.2, 0) is 16.0 Å². The first-order valence-corrected chi connectivity index (χ1v) is 5.46. The number of amides is 1. The summed E-state index contributed by atoms with van der Waals surface area (Å²) < 4.78 is 0.934. The van der Waals surface area contributed by atoms with Gasteiger partial charge in [0.2, 0.25) is 5.91 Å². The lowest BCUT2D eigenvalue weighted by molar-refractivity contribution is -0.137. The van der Waals surface area contributed by atoms with E-state index in [1.165, 1.54) is 11.3 Å².